The van der Waals surface area contributed by atoms with Crippen LogP contribution in [0.5, 0.6) is 0 Å². The van der Waals surface area contributed by atoms with Gasteiger partial charge in [0.2, 0.25) is 0 Å². The second kappa shape index (κ2) is 7.32. The predicted molar refractivity (Wildman–Crippen MR) is 79.4 cm³/mol. The number of rotatable bonds is 6. The summed E-state index contributed by atoms with van der Waals surface area (Å²) in [6.45, 7) is 8.77. The van der Waals surface area contributed by atoms with Crippen molar-refractivity contribution in [2.45, 2.75) is 83.5 Å². The third kappa shape index (κ3) is 7.50. The molecule has 0 aromatic heterocycles. The van der Waals surface area contributed by atoms with Crippen molar-refractivity contribution in [3.8, 4) is 0 Å². The lowest BCUT2D eigenvalue weighted by atomic mass is 9.77. The number of ether oxygens (including phenoxy) is 1. The molecule has 0 aromatic carbocycles. The molecule has 1 N–H and O–H groups in total. The summed E-state index contributed by atoms with van der Waals surface area (Å²) >= 11 is 0. The van der Waals surface area contributed by atoms with E-state index in [1.54, 1.807) is 0 Å². The highest BCUT2D eigenvalue weighted by molar-refractivity contribution is 4.91. The summed E-state index contributed by atoms with van der Waals surface area (Å²) in [5.74, 6) is 0.693. The Morgan fingerprint density at radius 1 is 1.14 bits per heavy atom. The summed E-state index contributed by atoms with van der Waals surface area (Å²) in [6.07, 6.45) is -0.0480. The van der Waals surface area contributed by atoms with Crippen LogP contribution in [0.3, 0.4) is 0 Å². The first-order valence-corrected chi connectivity index (χ1v) is 8.01. The van der Waals surface area contributed by atoms with Crippen LogP contribution in [-0.4, -0.2) is 30.5 Å². The average molecular weight is 309 g/mol. The van der Waals surface area contributed by atoms with E-state index in [9.17, 15) is 13.2 Å². The van der Waals surface area contributed by atoms with Crippen molar-refractivity contribution in [3.63, 3.8) is 0 Å². The topological polar surface area (TPSA) is 21.3 Å². The van der Waals surface area contributed by atoms with Gasteiger partial charge in [-0.2, -0.15) is 13.2 Å². The lowest BCUT2D eigenvalue weighted by Gasteiger charge is -2.42. The minimum Gasteiger partial charge on any atom is -0.373 e. The van der Waals surface area contributed by atoms with Gasteiger partial charge < -0.3 is 10.1 Å². The summed E-state index contributed by atoms with van der Waals surface area (Å²) in [5, 5.41) is 3.41. The quantitative estimate of drug-likeness (QED) is 0.769. The Bertz CT molecular complexity index is 302. The molecule has 1 fully saturated rings. The van der Waals surface area contributed by atoms with Crippen molar-refractivity contribution in [1.29, 1.82) is 0 Å². The molecule has 1 aliphatic carbocycles. The van der Waals surface area contributed by atoms with Crippen LogP contribution in [0.1, 0.15) is 66.2 Å². The third-order valence-corrected chi connectivity index (χ3v) is 4.33. The Hall–Kier alpha value is -0.290. The Morgan fingerprint density at radius 2 is 1.71 bits per heavy atom. The molecule has 0 saturated heterocycles. The molecule has 5 heteroatoms. The standard InChI is InChI=1S/C16H30F3NO/c1-5-13-6-8-15(9-7-13,12-20-14(2,3)4)21-11-10-16(17,18)19/h13,20H,5-12H2,1-4H3. The van der Waals surface area contributed by atoms with E-state index >= 15 is 0 Å². The first-order valence-electron chi connectivity index (χ1n) is 8.01. The summed E-state index contributed by atoms with van der Waals surface area (Å²) in [6, 6.07) is 0. The molecule has 0 amide bonds. The molecule has 0 unspecified atom stereocenters. The number of hydrogen-bond acceptors (Lipinski definition) is 2. The highest BCUT2D eigenvalue weighted by Gasteiger charge is 2.37. The van der Waals surface area contributed by atoms with Crippen LogP contribution in [0.25, 0.3) is 0 Å². The maximum absolute atomic E-state index is 12.3. The molecule has 1 rings (SSSR count). The van der Waals surface area contributed by atoms with Crippen molar-refractivity contribution in [1.82, 2.24) is 5.32 Å². The zero-order valence-electron chi connectivity index (χ0n) is 13.8. The van der Waals surface area contributed by atoms with Crippen molar-refractivity contribution >= 4 is 0 Å². The van der Waals surface area contributed by atoms with Gasteiger partial charge in [-0.15, -0.1) is 0 Å². The van der Waals surface area contributed by atoms with E-state index in [0.29, 0.717) is 12.5 Å². The van der Waals surface area contributed by atoms with Gasteiger partial charge in [-0.25, -0.2) is 0 Å². The van der Waals surface area contributed by atoms with Gasteiger partial charge in [-0.3, -0.25) is 0 Å². The summed E-state index contributed by atoms with van der Waals surface area (Å²) in [4.78, 5) is 0. The molecule has 0 bridgehead atoms. The minimum atomic E-state index is -4.14. The van der Waals surface area contributed by atoms with Crippen LogP contribution in [0.15, 0.2) is 0 Å². The number of alkyl halides is 3. The second-order valence-electron chi connectivity index (χ2n) is 7.35. The largest absolute Gasteiger partial charge is 0.391 e. The van der Waals surface area contributed by atoms with E-state index in [1.807, 2.05) is 0 Å². The van der Waals surface area contributed by atoms with Crippen LogP contribution in [-0.2, 0) is 4.74 Å². The molecule has 0 atom stereocenters. The number of nitrogens with one attached hydrogen (secondary N) is 1. The van der Waals surface area contributed by atoms with Crippen LogP contribution in [0, 0.1) is 5.92 Å². The average Bonchev–Trinajstić information content (AvgIpc) is 2.35. The normalized spacial score (nSPS) is 27.9. The molecule has 0 radical (unpaired) electrons. The minimum absolute atomic E-state index is 0.0536. The van der Waals surface area contributed by atoms with E-state index in [4.69, 9.17) is 4.74 Å². The van der Waals surface area contributed by atoms with Gasteiger partial charge in [0.25, 0.3) is 0 Å². The SMILES string of the molecule is CCC1CCC(CNC(C)(C)C)(OCCC(F)(F)F)CC1. The van der Waals surface area contributed by atoms with Gasteiger partial charge in [0.1, 0.15) is 0 Å². The van der Waals surface area contributed by atoms with Gasteiger partial charge in [0.05, 0.1) is 18.6 Å². The van der Waals surface area contributed by atoms with E-state index < -0.39 is 18.2 Å². The van der Waals surface area contributed by atoms with Crippen molar-refractivity contribution in [2.24, 2.45) is 5.92 Å². The fourth-order valence-corrected chi connectivity index (χ4v) is 2.79. The maximum Gasteiger partial charge on any atom is 0.391 e. The molecule has 21 heavy (non-hydrogen) atoms. The van der Waals surface area contributed by atoms with E-state index in [0.717, 1.165) is 32.1 Å². The molecule has 0 aliphatic heterocycles. The number of hydrogen-bond donors (Lipinski definition) is 1. The Balaban J connectivity index is 2.58. The second-order valence-corrected chi connectivity index (χ2v) is 7.35. The van der Waals surface area contributed by atoms with E-state index in [2.05, 4.69) is 33.0 Å². The monoisotopic (exact) mass is 309 g/mol. The first-order chi connectivity index (χ1) is 9.55. The lowest BCUT2D eigenvalue weighted by Crippen LogP contribution is -2.51. The Labute approximate surface area is 126 Å². The zero-order chi connectivity index (χ0) is 16.1. The molecular weight excluding hydrogens is 279 g/mol. The van der Waals surface area contributed by atoms with Crippen LogP contribution >= 0.6 is 0 Å². The lowest BCUT2D eigenvalue weighted by molar-refractivity contribution is -0.163. The zero-order valence-corrected chi connectivity index (χ0v) is 13.8. The fourth-order valence-electron chi connectivity index (χ4n) is 2.79. The maximum atomic E-state index is 12.3. The summed E-state index contributed by atoms with van der Waals surface area (Å²) in [7, 11) is 0. The van der Waals surface area contributed by atoms with Crippen molar-refractivity contribution < 1.29 is 17.9 Å². The van der Waals surface area contributed by atoms with Crippen molar-refractivity contribution in [3.05, 3.63) is 0 Å². The highest BCUT2D eigenvalue weighted by atomic mass is 19.4. The number of halogens is 3. The predicted octanol–water partition coefficient (Wildman–Crippen LogP) is 4.68. The molecule has 2 nitrogen and oxygen atoms in total. The fraction of sp³-hybridized carbons (Fsp3) is 1.00. The molecule has 1 saturated carbocycles. The molecule has 0 spiro atoms. The smallest absolute Gasteiger partial charge is 0.373 e. The Kier molecular flexibility index (Phi) is 6.54. The molecular formula is C16H30F3NO. The van der Waals surface area contributed by atoms with Gasteiger partial charge in [0.15, 0.2) is 0 Å². The van der Waals surface area contributed by atoms with Crippen LogP contribution < -0.4 is 5.32 Å². The van der Waals surface area contributed by atoms with Gasteiger partial charge >= 0.3 is 6.18 Å². The molecule has 0 heterocycles. The van der Waals surface area contributed by atoms with E-state index in [-0.39, 0.29) is 12.1 Å². The summed E-state index contributed by atoms with van der Waals surface area (Å²) in [5.41, 5.74) is -0.480. The molecule has 0 aromatic rings. The van der Waals surface area contributed by atoms with Crippen LogP contribution in [0.4, 0.5) is 13.2 Å². The van der Waals surface area contributed by atoms with Gasteiger partial charge in [-0.1, -0.05) is 13.3 Å². The first kappa shape index (κ1) is 18.8. The van der Waals surface area contributed by atoms with E-state index in [1.165, 1.54) is 0 Å². The van der Waals surface area contributed by atoms with Crippen molar-refractivity contribution in [2.75, 3.05) is 13.2 Å². The summed E-state index contributed by atoms with van der Waals surface area (Å²) < 4.78 is 42.7. The van der Waals surface area contributed by atoms with Gasteiger partial charge in [0, 0.05) is 12.1 Å². The van der Waals surface area contributed by atoms with Crippen LogP contribution in [0.2, 0.25) is 0 Å². The third-order valence-electron chi connectivity index (χ3n) is 4.33. The molecule has 1 aliphatic rings. The Morgan fingerprint density at radius 3 is 2.14 bits per heavy atom. The molecule has 126 valence electrons. The highest BCUT2D eigenvalue weighted by Crippen LogP contribution is 2.37. The van der Waals surface area contributed by atoms with Gasteiger partial charge in [-0.05, 0) is 52.4 Å².